The molecule has 3 heterocycles. The van der Waals surface area contributed by atoms with Crippen LogP contribution in [0, 0.1) is 5.82 Å². The molecule has 1 aromatic carbocycles. The number of piperazine rings is 1. The van der Waals surface area contributed by atoms with Gasteiger partial charge >= 0.3 is 5.69 Å². The van der Waals surface area contributed by atoms with E-state index >= 15 is 0 Å². The standard InChI is InChI=1S/C28H31ClFN5O2/c1-4-24(36)33-15-18(3)34(16-17(33)2)26-21-14-22(29)25(20-12-8-9-13-23(20)30)31-27(21)35(28(37)32-26)19-10-6-5-7-11-19/h4,8-9,12-14,17-19H,1,5-7,10-11,15-16H2,2-3H3/t17-,18+/m1/s1. The number of benzene rings is 1. The number of amides is 1. The SMILES string of the molecule is C=CC(=O)N1C[C@H](C)N(c2nc(=O)n(C3CCCCC3)c3nc(-c4ccccc4F)c(Cl)cc23)C[C@H]1C. The van der Waals surface area contributed by atoms with Crippen molar-refractivity contribution in [3.8, 4) is 11.3 Å². The van der Waals surface area contributed by atoms with E-state index in [1.807, 2.05) is 18.7 Å². The van der Waals surface area contributed by atoms with Gasteiger partial charge in [0.1, 0.15) is 17.3 Å². The molecule has 37 heavy (non-hydrogen) atoms. The molecule has 2 aliphatic rings. The van der Waals surface area contributed by atoms with Crippen LogP contribution in [0.15, 0.2) is 47.8 Å². The molecular weight excluding hydrogens is 493 g/mol. The molecule has 1 saturated carbocycles. The number of anilines is 1. The first-order valence-electron chi connectivity index (χ1n) is 12.9. The lowest BCUT2D eigenvalue weighted by Crippen LogP contribution is -2.58. The fraction of sp³-hybridized carbons (Fsp3) is 0.429. The minimum absolute atomic E-state index is 0.0224. The van der Waals surface area contributed by atoms with Crippen LogP contribution in [-0.4, -0.2) is 50.5 Å². The summed E-state index contributed by atoms with van der Waals surface area (Å²) in [7, 11) is 0. The van der Waals surface area contributed by atoms with Gasteiger partial charge in [-0.25, -0.2) is 14.2 Å². The summed E-state index contributed by atoms with van der Waals surface area (Å²) in [6.07, 6.45) is 6.25. The van der Waals surface area contributed by atoms with Crippen LogP contribution in [0.4, 0.5) is 10.2 Å². The Hall–Kier alpha value is -3.26. The summed E-state index contributed by atoms with van der Waals surface area (Å²) < 4.78 is 16.4. The summed E-state index contributed by atoms with van der Waals surface area (Å²) in [4.78, 5) is 39.2. The van der Waals surface area contributed by atoms with Gasteiger partial charge in [-0.2, -0.15) is 4.98 Å². The van der Waals surface area contributed by atoms with Gasteiger partial charge in [-0.1, -0.05) is 49.6 Å². The Labute approximate surface area is 220 Å². The van der Waals surface area contributed by atoms with E-state index in [4.69, 9.17) is 16.6 Å². The van der Waals surface area contributed by atoms with Gasteiger partial charge in [0.15, 0.2) is 0 Å². The number of fused-ring (bicyclic) bond motifs is 1. The molecule has 5 rings (SSSR count). The molecule has 1 saturated heterocycles. The second kappa shape index (κ2) is 10.2. The summed E-state index contributed by atoms with van der Waals surface area (Å²) in [6.45, 7) is 8.54. The molecule has 0 bridgehead atoms. The highest BCUT2D eigenvalue weighted by molar-refractivity contribution is 6.33. The number of nitrogens with zero attached hydrogens (tertiary/aromatic N) is 5. The monoisotopic (exact) mass is 523 g/mol. The van der Waals surface area contributed by atoms with E-state index < -0.39 is 5.82 Å². The third-order valence-corrected chi connectivity index (χ3v) is 7.91. The molecule has 9 heteroatoms. The molecular formula is C28H31ClFN5O2. The van der Waals surface area contributed by atoms with Gasteiger partial charge in [-0.3, -0.25) is 9.36 Å². The third kappa shape index (κ3) is 4.63. The van der Waals surface area contributed by atoms with Gasteiger partial charge in [0, 0.05) is 36.8 Å². The van der Waals surface area contributed by atoms with Crippen molar-refractivity contribution in [2.75, 3.05) is 18.0 Å². The van der Waals surface area contributed by atoms with Crippen molar-refractivity contribution in [3.05, 3.63) is 64.3 Å². The smallest absolute Gasteiger partial charge is 0.349 e. The summed E-state index contributed by atoms with van der Waals surface area (Å²) in [6, 6.07) is 7.88. The van der Waals surface area contributed by atoms with Crippen LogP contribution < -0.4 is 10.6 Å². The second-order valence-corrected chi connectivity index (χ2v) is 10.5. The first kappa shape index (κ1) is 25.4. The Morgan fingerprint density at radius 1 is 1.11 bits per heavy atom. The molecule has 7 nitrogen and oxygen atoms in total. The van der Waals surface area contributed by atoms with E-state index in [2.05, 4.69) is 11.6 Å². The molecule has 1 aliphatic heterocycles. The number of hydrogen-bond acceptors (Lipinski definition) is 5. The molecule has 3 aromatic rings. The molecule has 1 aliphatic carbocycles. The van der Waals surface area contributed by atoms with Gasteiger partial charge in [-0.15, -0.1) is 0 Å². The number of rotatable bonds is 4. The van der Waals surface area contributed by atoms with E-state index in [1.165, 1.54) is 12.1 Å². The number of pyridine rings is 1. The van der Waals surface area contributed by atoms with Gasteiger partial charge < -0.3 is 9.80 Å². The number of halogens is 2. The largest absolute Gasteiger partial charge is 0.351 e. The lowest BCUT2D eigenvalue weighted by atomic mass is 9.95. The zero-order chi connectivity index (χ0) is 26.3. The van der Waals surface area contributed by atoms with Crippen molar-refractivity contribution in [1.82, 2.24) is 19.4 Å². The molecule has 2 atom stereocenters. The summed E-state index contributed by atoms with van der Waals surface area (Å²) >= 11 is 6.72. The maximum Gasteiger partial charge on any atom is 0.351 e. The van der Waals surface area contributed by atoms with E-state index in [9.17, 15) is 14.0 Å². The van der Waals surface area contributed by atoms with E-state index in [0.717, 1.165) is 32.1 Å². The number of carbonyl (C=O) groups is 1. The predicted octanol–water partition coefficient (Wildman–Crippen LogP) is 5.37. The van der Waals surface area contributed by atoms with E-state index in [0.29, 0.717) is 35.6 Å². The molecule has 194 valence electrons. The van der Waals surface area contributed by atoms with Crippen molar-refractivity contribution in [2.24, 2.45) is 0 Å². The average Bonchev–Trinajstić information content (AvgIpc) is 2.90. The molecule has 0 radical (unpaired) electrons. The number of hydrogen-bond donors (Lipinski definition) is 0. The highest BCUT2D eigenvalue weighted by Crippen LogP contribution is 2.37. The Morgan fingerprint density at radius 2 is 1.84 bits per heavy atom. The summed E-state index contributed by atoms with van der Waals surface area (Å²) in [5, 5.41) is 0.938. The number of carbonyl (C=O) groups excluding carboxylic acids is 1. The zero-order valence-corrected chi connectivity index (χ0v) is 21.9. The minimum atomic E-state index is -0.428. The molecule has 0 unspecified atom stereocenters. The topological polar surface area (TPSA) is 71.3 Å². The maximum absolute atomic E-state index is 14.8. The molecule has 2 aromatic heterocycles. The fourth-order valence-electron chi connectivity index (χ4n) is 5.70. The van der Waals surface area contributed by atoms with Gasteiger partial charge in [0.2, 0.25) is 5.91 Å². The van der Waals surface area contributed by atoms with Crippen LogP contribution in [0.5, 0.6) is 0 Å². The molecule has 2 fully saturated rings. The Balaban J connectivity index is 1.70. The van der Waals surface area contributed by atoms with Crippen molar-refractivity contribution in [3.63, 3.8) is 0 Å². The van der Waals surface area contributed by atoms with Crippen molar-refractivity contribution >= 4 is 34.4 Å². The lowest BCUT2D eigenvalue weighted by Gasteiger charge is -2.44. The second-order valence-electron chi connectivity index (χ2n) is 10.1. The van der Waals surface area contributed by atoms with E-state index in [-0.39, 0.29) is 40.3 Å². The number of aromatic nitrogens is 3. The van der Waals surface area contributed by atoms with Crippen molar-refractivity contribution in [2.45, 2.75) is 64.1 Å². The fourth-order valence-corrected chi connectivity index (χ4v) is 5.95. The van der Waals surface area contributed by atoms with Crippen LogP contribution in [0.3, 0.4) is 0 Å². The molecule has 0 N–H and O–H groups in total. The average molecular weight is 524 g/mol. The van der Waals surface area contributed by atoms with Crippen LogP contribution >= 0.6 is 11.6 Å². The first-order chi connectivity index (χ1) is 17.8. The first-order valence-corrected chi connectivity index (χ1v) is 13.2. The van der Waals surface area contributed by atoms with Crippen LogP contribution in [0.25, 0.3) is 22.3 Å². The Bertz CT molecular complexity index is 1420. The normalized spacial score (nSPS) is 20.9. The molecule has 1 amide bonds. The van der Waals surface area contributed by atoms with Crippen molar-refractivity contribution < 1.29 is 9.18 Å². The Morgan fingerprint density at radius 3 is 2.54 bits per heavy atom. The predicted molar refractivity (Wildman–Crippen MR) is 145 cm³/mol. The van der Waals surface area contributed by atoms with Crippen LogP contribution in [-0.2, 0) is 4.79 Å². The quantitative estimate of drug-likeness (QED) is 0.430. The van der Waals surface area contributed by atoms with E-state index in [1.54, 1.807) is 33.7 Å². The van der Waals surface area contributed by atoms with Gasteiger partial charge in [0.05, 0.1) is 16.1 Å². The molecule has 0 spiro atoms. The lowest BCUT2D eigenvalue weighted by molar-refractivity contribution is -0.128. The highest BCUT2D eigenvalue weighted by atomic mass is 35.5. The minimum Gasteiger partial charge on any atom is -0.349 e. The maximum atomic E-state index is 14.8. The Kier molecular flexibility index (Phi) is 7.03. The van der Waals surface area contributed by atoms with Crippen LogP contribution in [0.2, 0.25) is 5.02 Å². The van der Waals surface area contributed by atoms with Gasteiger partial charge in [-0.05, 0) is 51.0 Å². The summed E-state index contributed by atoms with van der Waals surface area (Å²) in [5.41, 5.74) is 0.687. The highest BCUT2D eigenvalue weighted by Gasteiger charge is 2.34. The van der Waals surface area contributed by atoms with Gasteiger partial charge in [0.25, 0.3) is 0 Å². The van der Waals surface area contributed by atoms with Crippen LogP contribution in [0.1, 0.15) is 52.0 Å². The third-order valence-electron chi connectivity index (χ3n) is 7.62. The van der Waals surface area contributed by atoms with Crippen molar-refractivity contribution in [1.29, 1.82) is 0 Å². The zero-order valence-electron chi connectivity index (χ0n) is 21.2. The summed E-state index contributed by atoms with van der Waals surface area (Å²) in [5.74, 6) is -0.0575.